The monoisotopic (exact) mass is 305 g/mol. The van der Waals surface area contributed by atoms with E-state index in [0.29, 0.717) is 11.3 Å². The molecule has 4 rings (SSSR count). The molecule has 0 atom stereocenters. The number of anilines is 1. The van der Waals surface area contributed by atoms with Crippen LogP contribution in [0.15, 0.2) is 42.5 Å². The number of rotatable bonds is 2. The number of nitrogens with zero attached hydrogens (tertiary/aromatic N) is 1. The third-order valence-corrected chi connectivity index (χ3v) is 5.97. The largest absolute Gasteiger partial charge is 0.373 e. The highest BCUT2D eigenvalue weighted by molar-refractivity contribution is 5.74. The minimum absolute atomic E-state index is 0.423. The summed E-state index contributed by atoms with van der Waals surface area (Å²) in [6.45, 7) is 5.79. The molecule has 0 amide bonds. The van der Waals surface area contributed by atoms with Gasteiger partial charge in [-0.3, -0.25) is 0 Å². The van der Waals surface area contributed by atoms with Crippen LogP contribution in [0.5, 0.6) is 0 Å². The van der Waals surface area contributed by atoms with Crippen LogP contribution in [0.25, 0.3) is 11.1 Å². The molecule has 1 saturated carbocycles. The Labute approximate surface area is 140 Å². The normalized spacial score (nSPS) is 18.9. The third-order valence-electron chi connectivity index (χ3n) is 5.97. The minimum atomic E-state index is 0.423. The predicted molar refractivity (Wildman–Crippen MR) is 99.4 cm³/mol. The SMILES string of the molecule is CC(C)c1ccccc1-c1ccc2c(c1)C1(CCCC1)CN2C. The molecule has 1 heterocycles. The second-order valence-electron chi connectivity index (χ2n) is 7.82. The maximum absolute atomic E-state index is 2.51. The van der Waals surface area contributed by atoms with Crippen molar-refractivity contribution in [3.8, 4) is 11.1 Å². The Kier molecular flexibility index (Phi) is 3.48. The van der Waals surface area contributed by atoms with E-state index in [4.69, 9.17) is 0 Å². The Balaban J connectivity index is 1.85. The Bertz CT molecular complexity index is 723. The van der Waals surface area contributed by atoms with Gasteiger partial charge in [-0.15, -0.1) is 0 Å². The van der Waals surface area contributed by atoms with Crippen molar-refractivity contribution in [2.24, 2.45) is 0 Å². The van der Waals surface area contributed by atoms with Gasteiger partial charge in [-0.05, 0) is 53.1 Å². The Morgan fingerprint density at radius 1 is 1.00 bits per heavy atom. The zero-order chi connectivity index (χ0) is 16.0. The van der Waals surface area contributed by atoms with Crippen molar-refractivity contribution in [2.75, 3.05) is 18.5 Å². The summed E-state index contributed by atoms with van der Waals surface area (Å²) in [5.41, 5.74) is 7.75. The van der Waals surface area contributed by atoms with Crippen LogP contribution in [0.3, 0.4) is 0 Å². The van der Waals surface area contributed by atoms with Crippen LogP contribution in [0.4, 0.5) is 5.69 Å². The molecular weight excluding hydrogens is 278 g/mol. The Morgan fingerprint density at radius 2 is 1.74 bits per heavy atom. The number of likely N-dealkylation sites (N-methyl/N-ethyl adjacent to an activating group) is 1. The summed E-state index contributed by atoms with van der Waals surface area (Å²) in [5, 5.41) is 0. The van der Waals surface area contributed by atoms with Gasteiger partial charge in [0.25, 0.3) is 0 Å². The lowest BCUT2D eigenvalue weighted by Crippen LogP contribution is -2.28. The van der Waals surface area contributed by atoms with E-state index in [0.717, 1.165) is 0 Å². The Morgan fingerprint density at radius 3 is 2.48 bits per heavy atom. The van der Waals surface area contributed by atoms with Gasteiger partial charge in [0.05, 0.1) is 0 Å². The number of hydrogen-bond donors (Lipinski definition) is 0. The molecule has 0 saturated heterocycles. The van der Waals surface area contributed by atoms with Crippen LogP contribution in [0.1, 0.15) is 56.6 Å². The van der Waals surface area contributed by atoms with Crippen molar-refractivity contribution < 1.29 is 0 Å². The van der Waals surface area contributed by atoms with E-state index < -0.39 is 0 Å². The molecule has 0 N–H and O–H groups in total. The fourth-order valence-electron chi connectivity index (χ4n) is 4.83. The van der Waals surface area contributed by atoms with Crippen molar-refractivity contribution in [1.29, 1.82) is 0 Å². The van der Waals surface area contributed by atoms with Gasteiger partial charge >= 0.3 is 0 Å². The van der Waals surface area contributed by atoms with Gasteiger partial charge in [0.2, 0.25) is 0 Å². The lowest BCUT2D eigenvalue weighted by atomic mass is 9.79. The molecule has 120 valence electrons. The fraction of sp³-hybridized carbons (Fsp3) is 0.455. The molecule has 1 fully saturated rings. The second-order valence-corrected chi connectivity index (χ2v) is 7.82. The van der Waals surface area contributed by atoms with Crippen molar-refractivity contribution in [1.82, 2.24) is 0 Å². The molecule has 0 bridgehead atoms. The molecule has 1 aliphatic heterocycles. The first-order chi connectivity index (χ1) is 11.1. The molecule has 2 aromatic carbocycles. The number of fused-ring (bicyclic) bond motifs is 2. The minimum Gasteiger partial charge on any atom is -0.373 e. The smallest absolute Gasteiger partial charge is 0.0403 e. The maximum Gasteiger partial charge on any atom is 0.0403 e. The van der Waals surface area contributed by atoms with Crippen molar-refractivity contribution in [2.45, 2.75) is 50.9 Å². The molecular formula is C22H27N. The van der Waals surface area contributed by atoms with Crippen LogP contribution >= 0.6 is 0 Å². The van der Waals surface area contributed by atoms with E-state index in [1.54, 1.807) is 5.56 Å². The van der Waals surface area contributed by atoms with Gasteiger partial charge in [0.15, 0.2) is 0 Å². The average Bonchev–Trinajstić information content (AvgIpc) is 3.13. The first-order valence-electron chi connectivity index (χ1n) is 9.06. The molecule has 0 unspecified atom stereocenters. The van der Waals surface area contributed by atoms with Crippen LogP contribution in [0, 0.1) is 0 Å². The van der Waals surface area contributed by atoms with Gasteiger partial charge in [-0.25, -0.2) is 0 Å². The fourth-order valence-corrected chi connectivity index (χ4v) is 4.83. The molecule has 0 aromatic heterocycles. The van der Waals surface area contributed by atoms with Gasteiger partial charge in [-0.1, -0.05) is 57.0 Å². The van der Waals surface area contributed by atoms with Crippen LogP contribution < -0.4 is 4.90 Å². The van der Waals surface area contributed by atoms with E-state index in [1.807, 2.05) is 0 Å². The van der Waals surface area contributed by atoms with Gasteiger partial charge in [-0.2, -0.15) is 0 Å². The van der Waals surface area contributed by atoms with Crippen LogP contribution in [-0.4, -0.2) is 13.6 Å². The lowest BCUT2D eigenvalue weighted by molar-refractivity contribution is 0.473. The summed E-state index contributed by atoms with van der Waals surface area (Å²) < 4.78 is 0. The van der Waals surface area contributed by atoms with Crippen LogP contribution in [0.2, 0.25) is 0 Å². The quantitative estimate of drug-likeness (QED) is 0.684. The second kappa shape index (κ2) is 5.40. The highest BCUT2D eigenvalue weighted by atomic mass is 15.1. The summed E-state index contributed by atoms with van der Waals surface area (Å²) in [7, 11) is 2.26. The summed E-state index contributed by atoms with van der Waals surface area (Å²) in [5.74, 6) is 0.558. The zero-order valence-electron chi connectivity index (χ0n) is 14.6. The standard InChI is InChI=1S/C22H27N/c1-16(2)18-8-4-5-9-19(18)17-10-11-21-20(14-17)22(15-23(21)3)12-6-7-13-22/h4-5,8-11,14,16H,6-7,12-13,15H2,1-3H3. The van der Waals surface area contributed by atoms with Crippen molar-refractivity contribution >= 4 is 5.69 Å². The Hall–Kier alpha value is -1.76. The third kappa shape index (κ3) is 2.29. The molecule has 1 heteroatoms. The van der Waals surface area contributed by atoms with Gasteiger partial charge < -0.3 is 4.90 Å². The van der Waals surface area contributed by atoms with E-state index in [2.05, 4.69) is 68.3 Å². The number of benzene rings is 2. The molecule has 2 aromatic rings. The van der Waals surface area contributed by atoms with Gasteiger partial charge in [0, 0.05) is 24.7 Å². The van der Waals surface area contributed by atoms with E-state index >= 15 is 0 Å². The molecule has 0 radical (unpaired) electrons. The maximum atomic E-state index is 2.51. The predicted octanol–water partition coefficient (Wildman–Crippen LogP) is 5.74. The molecule has 2 aliphatic rings. The summed E-state index contributed by atoms with van der Waals surface area (Å²) in [6.07, 6.45) is 5.50. The molecule has 1 aliphatic carbocycles. The first-order valence-corrected chi connectivity index (χ1v) is 9.06. The van der Waals surface area contributed by atoms with Crippen molar-refractivity contribution in [3.05, 3.63) is 53.6 Å². The topological polar surface area (TPSA) is 3.24 Å². The van der Waals surface area contributed by atoms with Gasteiger partial charge in [0.1, 0.15) is 0 Å². The van der Waals surface area contributed by atoms with Crippen molar-refractivity contribution in [3.63, 3.8) is 0 Å². The summed E-state index contributed by atoms with van der Waals surface area (Å²) in [4.78, 5) is 2.47. The molecule has 1 nitrogen and oxygen atoms in total. The van der Waals surface area contributed by atoms with E-state index in [-0.39, 0.29) is 0 Å². The van der Waals surface area contributed by atoms with E-state index in [9.17, 15) is 0 Å². The molecule has 1 spiro atoms. The number of hydrogen-bond acceptors (Lipinski definition) is 1. The lowest BCUT2D eigenvalue weighted by Gasteiger charge is -2.24. The zero-order valence-corrected chi connectivity index (χ0v) is 14.6. The average molecular weight is 305 g/mol. The summed E-state index contributed by atoms with van der Waals surface area (Å²) in [6, 6.07) is 16.1. The molecule has 23 heavy (non-hydrogen) atoms. The highest BCUT2D eigenvalue weighted by Gasteiger charge is 2.43. The first kappa shape index (κ1) is 14.8. The van der Waals surface area contributed by atoms with Crippen LogP contribution in [-0.2, 0) is 5.41 Å². The summed E-state index contributed by atoms with van der Waals surface area (Å²) >= 11 is 0. The van der Waals surface area contributed by atoms with E-state index in [1.165, 1.54) is 54.6 Å². The highest BCUT2D eigenvalue weighted by Crippen LogP contribution is 2.51.